The van der Waals surface area contributed by atoms with Crippen LogP contribution < -0.4 is 0 Å². The molecule has 0 aromatic rings. The lowest BCUT2D eigenvalue weighted by molar-refractivity contribution is -0.0384. The lowest BCUT2D eigenvalue weighted by Gasteiger charge is -2.32. The molecule has 110 valence electrons. The largest absolute Gasteiger partial charge is 0.375 e. The van der Waals surface area contributed by atoms with Crippen molar-refractivity contribution in [2.45, 2.75) is 79.4 Å². The fourth-order valence-corrected chi connectivity index (χ4v) is 2.33. The Morgan fingerprint density at radius 2 is 1.61 bits per heavy atom. The number of ether oxygens (including phenoxy) is 1. The average molecular weight is 257 g/mol. The zero-order valence-electron chi connectivity index (χ0n) is 13.5. The highest BCUT2D eigenvalue weighted by molar-refractivity contribution is 4.72. The third kappa shape index (κ3) is 8.10. The molecule has 0 bridgehead atoms. The second-order valence-corrected chi connectivity index (χ2v) is 5.55. The van der Waals surface area contributed by atoms with Gasteiger partial charge in [0.25, 0.3) is 0 Å². The molecule has 1 aliphatic rings. The predicted molar refractivity (Wildman–Crippen MR) is 81.1 cm³/mol. The van der Waals surface area contributed by atoms with Gasteiger partial charge in [-0.05, 0) is 45.1 Å². The summed E-state index contributed by atoms with van der Waals surface area (Å²) >= 11 is 0. The number of hydrogen-bond acceptors (Lipinski definition) is 2. The summed E-state index contributed by atoms with van der Waals surface area (Å²) in [5.74, 6) is 0.799. The van der Waals surface area contributed by atoms with Crippen LogP contribution in [0.2, 0.25) is 0 Å². The van der Waals surface area contributed by atoms with Crippen LogP contribution in [0.3, 0.4) is 0 Å². The van der Waals surface area contributed by atoms with Gasteiger partial charge in [0.15, 0.2) is 0 Å². The van der Waals surface area contributed by atoms with Crippen LogP contribution in [-0.2, 0) is 4.74 Å². The van der Waals surface area contributed by atoms with Gasteiger partial charge < -0.3 is 9.64 Å². The van der Waals surface area contributed by atoms with Crippen molar-refractivity contribution in [1.82, 2.24) is 4.90 Å². The quantitative estimate of drug-likeness (QED) is 0.702. The molecule has 1 fully saturated rings. The smallest absolute Gasteiger partial charge is 0.0603 e. The van der Waals surface area contributed by atoms with E-state index in [4.69, 9.17) is 4.74 Å². The lowest BCUT2D eigenvalue weighted by atomic mass is 10.0. The van der Waals surface area contributed by atoms with Crippen LogP contribution in [0.25, 0.3) is 0 Å². The van der Waals surface area contributed by atoms with Gasteiger partial charge in [-0.15, -0.1) is 0 Å². The molecule has 2 nitrogen and oxygen atoms in total. The Balaban J connectivity index is 0.00000137. The monoisotopic (exact) mass is 257 g/mol. The summed E-state index contributed by atoms with van der Waals surface area (Å²) in [7, 11) is 0. The van der Waals surface area contributed by atoms with Gasteiger partial charge in [-0.1, -0.05) is 34.6 Å². The molecule has 1 aliphatic heterocycles. The van der Waals surface area contributed by atoms with Gasteiger partial charge in [0.1, 0.15) is 0 Å². The minimum absolute atomic E-state index is 0.445. The Bertz CT molecular complexity index is 174. The first kappa shape index (κ1) is 17.9. The Morgan fingerprint density at radius 1 is 1.06 bits per heavy atom. The van der Waals surface area contributed by atoms with E-state index in [1.165, 1.54) is 45.3 Å². The number of likely N-dealkylation sites (tertiary alicyclic amines) is 1. The molecule has 18 heavy (non-hydrogen) atoms. The number of rotatable bonds is 6. The van der Waals surface area contributed by atoms with E-state index in [1.54, 1.807) is 0 Å². The molecular weight excluding hydrogens is 222 g/mol. The molecule has 1 heterocycles. The van der Waals surface area contributed by atoms with Crippen molar-refractivity contribution in [3.05, 3.63) is 0 Å². The first-order valence-electron chi connectivity index (χ1n) is 7.99. The summed E-state index contributed by atoms with van der Waals surface area (Å²) < 4.78 is 6.11. The number of nitrogens with zero attached hydrogens (tertiary/aromatic N) is 1. The molecule has 2 heteroatoms. The molecule has 0 saturated carbocycles. The first-order chi connectivity index (χ1) is 8.61. The van der Waals surface area contributed by atoms with Gasteiger partial charge in [0, 0.05) is 13.1 Å². The number of hydrogen-bond donors (Lipinski definition) is 0. The molecule has 0 aliphatic carbocycles. The minimum Gasteiger partial charge on any atom is -0.375 e. The number of piperidine rings is 1. The highest BCUT2D eigenvalue weighted by Gasteiger charge is 2.20. The van der Waals surface area contributed by atoms with E-state index in [2.05, 4.69) is 32.6 Å². The van der Waals surface area contributed by atoms with Crippen molar-refractivity contribution in [3.63, 3.8) is 0 Å². The molecule has 0 amide bonds. The Kier molecular flexibility index (Phi) is 10.8. The van der Waals surface area contributed by atoms with Crippen LogP contribution in [0.1, 0.15) is 67.2 Å². The fourth-order valence-electron chi connectivity index (χ4n) is 2.33. The highest BCUT2D eigenvalue weighted by atomic mass is 16.5. The first-order valence-corrected chi connectivity index (χ1v) is 7.99. The van der Waals surface area contributed by atoms with Crippen molar-refractivity contribution in [2.24, 2.45) is 5.92 Å². The zero-order chi connectivity index (χ0) is 14.0. The summed E-state index contributed by atoms with van der Waals surface area (Å²) in [5.41, 5.74) is 0. The SMILES string of the molecule is CC.CCN1CCC(OC(C)CCC(C)C)CC1. The second kappa shape index (κ2) is 10.8. The van der Waals surface area contributed by atoms with E-state index in [0.717, 1.165) is 5.92 Å². The van der Waals surface area contributed by atoms with Crippen molar-refractivity contribution in [3.8, 4) is 0 Å². The van der Waals surface area contributed by atoms with Crippen molar-refractivity contribution >= 4 is 0 Å². The second-order valence-electron chi connectivity index (χ2n) is 5.55. The summed E-state index contributed by atoms with van der Waals surface area (Å²) in [5, 5.41) is 0. The minimum atomic E-state index is 0.445. The summed E-state index contributed by atoms with van der Waals surface area (Å²) in [4.78, 5) is 2.51. The zero-order valence-corrected chi connectivity index (χ0v) is 13.5. The third-order valence-corrected chi connectivity index (χ3v) is 3.56. The normalized spacial score (nSPS) is 19.5. The molecule has 0 aromatic heterocycles. The van der Waals surface area contributed by atoms with E-state index >= 15 is 0 Å². The van der Waals surface area contributed by atoms with Crippen molar-refractivity contribution in [1.29, 1.82) is 0 Å². The molecular formula is C16H35NO. The van der Waals surface area contributed by atoms with Crippen molar-refractivity contribution < 1.29 is 4.74 Å². The van der Waals surface area contributed by atoms with E-state index in [-0.39, 0.29) is 0 Å². The van der Waals surface area contributed by atoms with Crippen LogP contribution >= 0.6 is 0 Å². The molecule has 0 N–H and O–H groups in total. The Hall–Kier alpha value is -0.0800. The maximum absolute atomic E-state index is 6.11. The average Bonchev–Trinajstić information content (AvgIpc) is 2.39. The van der Waals surface area contributed by atoms with Crippen LogP contribution in [0.5, 0.6) is 0 Å². The van der Waals surface area contributed by atoms with Crippen LogP contribution in [0, 0.1) is 5.92 Å². The van der Waals surface area contributed by atoms with E-state index in [9.17, 15) is 0 Å². The lowest BCUT2D eigenvalue weighted by Crippen LogP contribution is -2.37. The summed E-state index contributed by atoms with van der Waals surface area (Å²) in [6.45, 7) is 16.7. The molecule has 0 spiro atoms. The van der Waals surface area contributed by atoms with Crippen LogP contribution in [0.15, 0.2) is 0 Å². The van der Waals surface area contributed by atoms with Gasteiger partial charge in [0.2, 0.25) is 0 Å². The maximum atomic E-state index is 6.11. The van der Waals surface area contributed by atoms with Crippen LogP contribution in [-0.4, -0.2) is 36.7 Å². The summed E-state index contributed by atoms with van der Waals surface area (Å²) in [6, 6.07) is 0. The van der Waals surface area contributed by atoms with Crippen LogP contribution in [0.4, 0.5) is 0 Å². The predicted octanol–water partition coefficient (Wildman–Crippen LogP) is 4.34. The highest BCUT2D eigenvalue weighted by Crippen LogP contribution is 2.17. The van der Waals surface area contributed by atoms with Gasteiger partial charge in [-0.25, -0.2) is 0 Å². The van der Waals surface area contributed by atoms with E-state index < -0.39 is 0 Å². The molecule has 1 rings (SSSR count). The fraction of sp³-hybridized carbons (Fsp3) is 1.00. The van der Waals surface area contributed by atoms with Gasteiger partial charge in [-0.3, -0.25) is 0 Å². The standard InChI is InChI=1S/C14H29NO.C2H6/c1-5-15-10-8-14(9-11-15)16-13(4)7-6-12(2)3;1-2/h12-14H,5-11H2,1-4H3;1-2H3. The molecule has 1 unspecified atom stereocenters. The van der Waals surface area contributed by atoms with E-state index in [0.29, 0.717) is 12.2 Å². The Labute approximate surface area is 115 Å². The molecule has 0 aromatic carbocycles. The van der Waals surface area contributed by atoms with E-state index in [1.807, 2.05) is 13.8 Å². The topological polar surface area (TPSA) is 12.5 Å². The van der Waals surface area contributed by atoms with Crippen molar-refractivity contribution in [2.75, 3.05) is 19.6 Å². The molecule has 1 saturated heterocycles. The third-order valence-electron chi connectivity index (χ3n) is 3.56. The van der Waals surface area contributed by atoms with Gasteiger partial charge in [0.05, 0.1) is 12.2 Å². The molecule has 1 atom stereocenters. The Morgan fingerprint density at radius 3 is 2.06 bits per heavy atom. The van der Waals surface area contributed by atoms with Gasteiger partial charge >= 0.3 is 0 Å². The van der Waals surface area contributed by atoms with Gasteiger partial charge in [-0.2, -0.15) is 0 Å². The summed E-state index contributed by atoms with van der Waals surface area (Å²) in [6.07, 6.45) is 5.91. The molecule has 0 radical (unpaired) electrons. The maximum Gasteiger partial charge on any atom is 0.0603 e.